The van der Waals surface area contributed by atoms with Gasteiger partial charge in [-0.3, -0.25) is 0 Å². The molecule has 0 saturated heterocycles. The molecule has 0 nitrogen and oxygen atoms in total. The molecule has 1 aromatic rings. The van der Waals surface area contributed by atoms with E-state index in [-0.39, 0.29) is 0 Å². The molecule has 0 bridgehead atoms. The van der Waals surface area contributed by atoms with Crippen LogP contribution in [0, 0.1) is 5.92 Å². The minimum Gasteiger partial charge on any atom is -0.0985 e. The summed E-state index contributed by atoms with van der Waals surface area (Å²) in [5, 5.41) is 0. The van der Waals surface area contributed by atoms with Crippen LogP contribution in [0.1, 0.15) is 37.8 Å². The molecule has 0 N–H and O–H groups in total. The van der Waals surface area contributed by atoms with Crippen LogP contribution in [0.2, 0.25) is 0 Å². The van der Waals surface area contributed by atoms with Crippen LogP contribution in [0.25, 0.3) is 6.08 Å². The Bertz CT molecular complexity index is 286. The van der Waals surface area contributed by atoms with Gasteiger partial charge in [-0.05, 0) is 23.5 Å². The van der Waals surface area contributed by atoms with Crippen molar-refractivity contribution in [3.8, 4) is 0 Å². The zero-order valence-corrected chi connectivity index (χ0v) is 9.29. The predicted molar refractivity (Wildman–Crippen MR) is 64.3 cm³/mol. The Morgan fingerprint density at radius 3 is 2.86 bits per heavy atom. The van der Waals surface area contributed by atoms with Crippen LogP contribution in [-0.2, 0) is 6.42 Å². The summed E-state index contributed by atoms with van der Waals surface area (Å²) in [5.41, 5.74) is 2.66. The molecule has 0 fully saturated rings. The lowest BCUT2D eigenvalue weighted by Crippen LogP contribution is -1.99. The van der Waals surface area contributed by atoms with Gasteiger partial charge in [0.25, 0.3) is 0 Å². The second kappa shape index (κ2) is 5.64. The van der Waals surface area contributed by atoms with Gasteiger partial charge in [0.1, 0.15) is 0 Å². The van der Waals surface area contributed by atoms with Gasteiger partial charge in [0, 0.05) is 0 Å². The van der Waals surface area contributed by atoms with Crippen molar-refractivity contribution in [1.29, 1.82) is 0 Å². The van der Waals surface area contributed by atoms with E-state index in [0.717, 1.165) is 5.92 Å². The van der Waals surface area contributed by atoms with Gasteiger partial charge < -0.3 is 0 Å². The van der Waals surface area contributed by atoms with E-state index in [1.165, 1.54) is 30.4 Å². The van der Waals surface area contributed by atoms with E-state index in [1.54, 1.807) is 0 Å². The van der Waals surface area contributed by atoms with Crippen LogP contribution in [-0.4, -0.2) is 0 Å². The van der Waals surface area contributed by atoms with Gasteiger partial charge in [-0.2, -0.15) is 0 Å². The van der Waals surface area contributed by atoms with Gasteiger partial charge in [0.15, 0.2) is 0 Å². The molecule has 0 aromatic heterocycles. The molecule has 0 aliphatic rings. The summed E-state index contributed by atoms with van der Waals surface area (Å²) in [4.78, 5) is 0. The summed E-state index contributed by atoms with van der Waals surface area (Å²) in [5.74, 6) is 0.792. The van der Waals surface area contributed by atoms with Crippen LogP contribution in [0.3, 0.4) is 0 Å². The fraction of sp³-hybridized carbons (Fsp3) is 0.429. The molecule has 0 aliphatic heterocycles. The molecule has 0 radical (unpaired) electrons. The first-order chi connectivity index (χ1) is 6.76. The Hall–Kier alpha value is -1.04. The summed E-state index contributed by atoms with van der Waals surface area (Å²) in [6, 6.07) is 8.66. The molecular weight excluding hydrogens is 168 g/mol. The summed E-state index contributed by atoms with van der Waals surface area (Å²) in [7, 11) is 0. The zero-order valence-electron chi connectivity index (χ0n) is 9.29. The van der Waals surface area contributed by atoms with Gasteiger partial charge in [0.05, 0.1) is 0 Å². The molecule has 1 unspecified atom stereocenters. The molecule has 0 heterocycles. The molecule has 0 saturated carbocycles. The van der Waals surface area contributed by atoms with Crippen LogP contribution >= 0.6 is 0 Å². The van der Waals surface area contributed by atoms with E-state index in [9.17, 15) is 0 Å². The van der Waals surface area contributed by atoms with E-state index in [2.05, 4.69) is 44.7 Å². The molecule has 1 aromatic carbocycles. The maximum Gasteiger partial charge on any atom is -0.0253 e. The topological polar surface area (TPSA) is 0 Å². The van der Waals surface area contributed by atoms with E-state index in [4.69, 9.17) is 0 Å². The highest BCUT2D eigenvalue weighted by molar-refractivity contribution is 5.47. The molecule has 0 heteroatoms. The maximum absolute atomic E-state index is 3.79. The smallest absolute Gasteiger partial charge is 0.0253 e. The lowest BCUT2D eigenvalue weighted by atomic mass is 9.96. The first-order valence-electron chi connectivity index (χ1n) is 5.47. The number of hydrogen-bond acceptors (Lipinski definition) is 0. The standard InChI is InChI=1S/C14H20/c1-4-7-12(3)10-14-9-6-8-13(5-2)11-14/h5-6,8-9,11-12H,2,4,7,10H2,1,3H3. The van der Waals surface area contributed by atoms with Crippen molar-refractivity contribution in [1.82, 2.24) is 0 Å². The highest BCUT2D eigenvalue weighted by Crippen LogP contribution is 2.15. The molecule has 14 heavy (non-hydrogen) atoms. The molecule has 1 atom stereocenters. The zero-order chi connectivity index (χ0) is 10.4. The van der Waals surface area contributed by atoms with Crippen molar-refractivity contribution < 1.29 is 0 Å². The Labute approximate surface area is 87.7 Å². The number of hydrogen-bond donors (Lipinski definition) is 0. The van der Waals surface area contributed by atoms with Crippen LogP contribution in [0.4, 0.5) is 0 Å². The van der Waals surface area contributed by atoms with Gasteiger partial charge in [-0.15, -0.1) is 0 Å². The quantitative estimate of drug-likeness (QED) is 0.646. The number of rotatable bonds is 5. The molecular formula is C14H20. The van der Waals surface area contributed by atoms with Crippen molar-refractivity contribution in [3.05, 3.63) is 42.0 Å². The highest BCUT2D eigenvalue weighted by Gasteiger charge is 2.02. The van der Waals surface area contributed by atoms with Crippen LogP contribution in [0.5, 0.6) is 0 Å². The Morgan fingerprint density at radius 1 is 1.43 bits per heavy atom. The van der Waals surface area contributed by atoms with Crippen LogP contribution < -0.4 is 0 Å². The third-order valence-electron chi connectivity index (χ3n) is 2.55. The average molecular weight is 188 g/mol. The Balaban J connectivity index is 2.61. The predicted octanol–water partition coefficient (Wildman–Crippen LogP) is 4.31. The molecule has 0 spiro atoms. The summed E-state index contributed by atoms with van der Waals surface area (Å²) >= 11 is 0. The largest absolute Gasteiger partial charge is 0.0985 e. The van der Waals surface area contributed by atoms with Gasteiger partial charge in [0.2, 0.25) is 0 Å². The molecule has 1 rings (SSSR count). The Kier molecular flexibility index (Phi) is 4.45. The molecule has 0 aliphatic carbocycles. The van der Waals surface area contributed by atoms with Crippen molar-refractivity contribution in [2.75, 3.05) is 0 Å². The summed E-state index contributed by atoms with van der Waals surface area (Å²) in [6.45, 7) is 8.36. The number of benzene rings is 1. The van der Waals surface area contributed by atoms with Crippen molar-refractivity contribution in [2.24, 2.45) is 5.92 Å². The van der Waals surface area contributed by atoms with Gasteiger partial charge in [-0.1, -0.05) is 63.6 Å². The minimum atomic E-state index is 0.792. The van der Waals surface area contributed by atoms with E-state index < -0.39 is 0 Å². The van der Waals surface area contributed by atoms with E-state index in [1.807, 2.05) is 6.08 Å². The summed E-state index contributed by atoms with van der Waals surface area (Å²) in [6.07, 6.45) is 5.70. The second-order valence-electron chi connectivity index (χ2n) is 4.05. The van der Waals surface area contributed by atoms with Crippen molar-refractivity contribution in [3.63, 3.8) is 0 Å². The molecule has 0 amide bonds. The van der Waals surface area contributed by atoms with Crippen LogP contribution in [0.15, 0.2) is 30.8 Å². The second-order valence-corrected chi connectivity index (χ2v) is 4.05. The first kappa shape index (κ1) is 11.0. The lowest BCUT2D eigenvalue weighted by Gasteiger charge is -2.10. The third kappa shape index (κ3) is 3.37. The van der Waals surface area contributed by atoms with Crippen molar-refractivity contribution >= 4 is 6.08 Å². The fourth-order valence-corrected chi connectivity index (χ4v) is 1.84. The first-order valence-corrected chi connectivity index (χ1v) is 5.47. The van der Waals surface area contributed by atoms with Crippen molar-refractivity contribution in [2.45, 2.75) is 33.1 Å². The normalized spacial score (nSPS) is 12.4. The maximum atomic E-state index is 3.79. The Morgan fingerprint density at radius 2 is 2.21 bits per heavy atom. The van der Waals surface area contributed by atoms with E-state index in [0.29, 0.717) is 0 Å². The molecule has 76 valence electrons. The third-order valence-corrected chi connectivity index (χ3v) is 2.55. The van der Waals surface area contributed by atoms with Gasteiger partial charge in [-0.25, -0.2) is 0 Å². The highest BCUT2D eigenvalue weighted by atomic mass is 14.1. The summed E-state index contributed by atoms with van der Waals surface area (Å²) < 4.78 is 0. The SMILES string of the molecule is C=Cc1cccc(CC(C)CCC)c1. The minimum absolute atomic E-state index is 0.792. The van der Waals surface area contributed by atoms with E-state index >= 15 is 0 Å². The van der Waals surface area contributed by atoms with Gasteiger partial charge >= 0.3 is 0 Å². The average Bonchev–Trinajstić information content (AvgIpc) is 2.18. The fourth-order valence-electron chi connectivity index (χ4n) is 1.84. The lowest BCUT2D eigenvalue weighted by molar-refractivity contribution is 0.522. The monoisotopic (exact) mass is 188 g/mol.